The molecule has 1 atom stereocenters. The monoisotopic (exact) mass is 293 g/mol. The largest absolute Gasteiger partial charge is 0.496 e. The molecule has 1 fully saturated rings. The lowest BCUT2D eigenvalue weighted by Crippen LogP contribution is -2.55. The van der Waals surface area contributed by atoms with Gasteiger partial charge in [0.1, 0.15) is 5.75 Å². The van der Waals surface area contributed by atoms with E-state index < -0.39 is 5.60 Å². The first-order valence-electron chi connectivity index (χ1n) is 7.09. The topological polar surface area (TPSA) is 59.0 Å². The van der Waals surface area contributed by atoms with Crippen LogP contribution in [0.25, 0.3) is 0 Å². The number of hydrogen-bond donors (Lipinski definition) is 1. The molecule has 0 aliphatic carbocycles. The second-order valence-electron chi connectivity index (χ2n) is 6.05. The third-order valence-corrected chi connectivity index (χ3v) is 3.63. The lowest BCUT2D eigenvalue weighted by Gasteiger charge is -2.42. The zero-order chi connectivity index (χ0) is 15.6. The van der Waals surface area contributed by atoms with Crippen molar-refractivity contribution in [1.29, 1.82) is 0 Å². The minimum absolute atomic E-state index is 0.0666. The smallest absolute Gasteiger partial charge is 0.254 e. The Balaban J connectivity index is 2.22. The van der Waals surface area contributed by atoms with Gasteiger partial charge in [0, 0.05) is 18.7 Å². The van der Waals surface area contributed by atoms with Crippen molar-refractivity contribution in [2.45, 2.75) is 32.5 Å². The molecule has 5 heteroatoms. The molecule has 0 bridgehead atoms. The number of morpholine rings is 1. The van der Waals surface area contributed by atoms with Gasteiger partial charge in [0.05, 0.1) is 25.4 Å². The number of nitrogens with zero attached hydrogens (tertiary/aromatic N) is 1. The maximum absolute atomic E-state index is 12.7. The summed E-state index contributed by atoms with van der Waals surface area (Å²) in [7, 11) is 1.59. The molecule has 0 spiro atoms. The van der Waals surface area contributed by atoms with E-state index in [4.69, 9.17) is 9.47 Å². The van der Waals surface area contributed by atoms with Crippen molar-refractivity contribution in [2.75, 3.05) is 26.8 Å². The van der Waals surface area contributed by atoms with Gasteiger partial charge in [0.25, 0.3) is 5.91 Å². The number of carbonyl (C=O) groups excluding carboxylic acids is 1. The minimum Gasteiger partial charge on any atom is -0.496 e. The van der Waals surface area contributed by atoms with E-state index in [1.165, 1.54) is 0 Å². The molecule has 1 aromatic carbocycles. The fourth-order valence-corrected chi connectivity index (χ4v) is 2.68. The first-order valence-corrected chi connectivity index (χ1v) is 7.09. The van der Waals surface area contributed by atoms with Crippen LogP contribution >= 0.6 is 0 Å². The van der Waals surface area contributed by atoms with Gasteiger partial charge in [-0.15, -0.1) is 0 Å². The summed E-state index contributed by atoms with van der Waals surface area (Å²) >= 11 is 0. The number of ether oxygens (including phenoxy) is 2. The van der Waals surface area contributed by atoms with Crippen molar-refractivity contribution in [2.24, 2.45) is 0 Å². The molecule has 1 unspecified atom stereocenters. The fourth-order valence-electron chi connectivity index (χ4n) is 2.68. The molecule has 2 rings (SSSR count). The maximum Gasteiger partial charge on any atom is 0.254 e. The van der Waals surface area contributed by atoms with Crippen LogP contribution in [0.2, 0.25) is 0 Å². The van der Waals surface area contributed by atoms with Gasteiger partial charge in [-0.1, -0.05) is 6.07 Å². The average Bonchev–Trinajstić information content (AvgIpc) is 2.45. The van der Waals surface area contributed by atoms with E-state index in [1.807, 2.05) is 26.8 Å². The van der Waals surface area contributed by atoms with Crippen molar-refractivity contribution in [3.05, 3.63) is 29.3 Å². The lowest BCUT2D eigenvalue weighted by atomic mass is 10.0. The minimum atomic E-state index is -0.462. The van der Waals surface area contributed by atoms with E-state index >= 15 is 0 Å². The van der Waals surface area contributed by atoms with Crippen LogP contribution in [0.15, 0.2) is 18.2 Å². The Morgan fingerprint density at radius 2 is 2.24 bits per heavy atom. The first-order chi connectivity index (χ1) is 9.86. The van der Waals surface area contributed by atoms with Crippen LogP contribution in [0.4, 0.5) is 0 Å². The third-order valence-electron chi connectivity index (χ3n) is 3.63. The van der Waals surface area contributed by atoms with Crippen LogP contribution in [0.3, 0.4) is 0 Å². The number of aliphatic hydroxyl groups excluding tert-OH is 1. The molecule has 1 amide bonds. The molecule has 21 heavy (non-hydrogen) atoms. The fraction of sp³-hybridized carbons (Fsp3) is 0.562. The molecule has 0 aromatic heterocycles. The number of benzene rings is 1. The van der Waals surface area contributed by atoms with Crippen molar-refractivity contribution in [1.82, 2.24) is 4.90 Å². The molecular formula is C16H23NO4. The SMILES string of the molecule is COc1cc(C(=O)N2CC(CO)OC(C)(C)C2)ccc1C. The highest BCUT2D eigenvalue weighted by atomic mass is 16.5. The van der Waals surface area contributed by atoms with Gasteiger partial charge < -0.3 is 19.5 Å². The highest BCUT2D eigenvalue weighted by Crippen LogP contribution is 2.24. The van der Waals surface area contributed by atoms with E-state index in [2.05, 4.69) is 0 Å². The summed E-state index contributed by atoms with van der Waals surface area (Å²) in [6, 6.07) is 5.44. The molecule has 0 saturated carbocycles. The van der Waals surface area contributed by atoms with Crippen LogP contribution in [0, 0.1) is 6.92 Å². The number of amides is 1. The van der Waals surface area contributed by atoms with Gasteiger partial charge in [-0.25, -0.2) is 0 Å². The van der Waals surface area contributed by atoms with E-state index in [1.54, 1.807) is 24.1 Å². The number of rotatable bonds is 3. The average molecular weight is 293 g/mol. The number of carbonyl (C=O) groups is 1. The van der Waals surface area contributed by atoms with Crippen LogP contribution < -0.4 is 4.74 Å². The van der Waals surface area contributed by atoms with Crippen molar-refractivity contribution < 1.29 is 19.4 Å². The predicted molar refractivity (Wildman–Crippen MR) is 79.7 cm³/mol. The Hall–Kier alpha value is -1.59. The highest BCUT2D eigenvalue weighted by molar-refractivity contribution is 5.95. The molecule has 5 nitrogen and oxygen atoms in total. The summed E-state index contributed by atoms with van der Waals surface area (Å²) in [6.45, 7) is 6.58. The highest BCUT2D eigenvalue weighted by Gasteiger charge is 2.35. The number of methoxy groups -OCH3 is 1. The van der Waals surface area contributed by atoms with Gasteiger partial charge in [0.15, 0.2) is 0 Å². The molecule has 1 heterocycles. The summed E-state index contributed by atoms with van der Waals surface area (Å²) in [6.07, 6.45) is -0.343. The molecule has 1 N–H and O–H groups in total. The van der Waals surface area contributed by atoms with Gasteiger partial charge >= 0.3 is 0 Å². The zero-order valence-corrected chi connectivity index (χ0v) is 13.0. The van der Waals surface area contributed by atoms with Gasteiger partial charge in [-0.3, -0.25) is 4.79 Å². The summed E-state index contributed by atoms with van der Waals surface area (Å²) in [5.74, 6) is 0.634. The van der Waals surface area contributed by atoms with Crippen LogP contribution in [-0.2, 0) is 4.74 Å². The number of hydrogen-bond acceptors (Lipinski definition) is 4. The predicted octanol–water partition coefficient (Wildman–Crippen LogP) is 1.62. The Morgan fingerprint density at radius 1 is 1.52 bits per heavy atom. The van der Waals surface area contributed by atoms with Crippen molar-refractivity contribution in [3.63, 3.8) is 0 Å². The van der Waals surface area contributed by atoms with Crippen LogP contribution in [0.5, 0.6) is 5.75 Å². The van der Waals surface area contributed by atoms with E-state index in [0.717, 1.165) is 5.56 Å². The van der Waals surface area contributed by atoms with E-state index in [0.29, 0.717) is 24.4 Å². The van der Waals surface area contributed by atoms with Crippen LogP contribution in [-0.4, -0.2) is 54.4 Å². The van der Waals surface area contributed by atoms with E-state index in [9.17, 15) is 9.90 Å². The lowest BCUT2D eigenvalue weighted by molar-refractivity contribution is -0.139. The molecule has 116 valence electrons. The molecule has 1 aromatic rings. The Labute approximate surface area is 125 Å². The van der Waals surface area contributed by atoms with E-state index in [-0.39, 0.29) is 18.6 Å². The molecule has 1 saturated heterocycles. The molecule has 1 aliphatic rings. The summed E-state index contributed by atoms with van der Waals surface area (Å²) in [5, 5.41) is 9.33. The normalized spacial score (nSPS) is 21.2. The summed E-state index contributed by atoms with van der Waals surface area (Å²) in [5.41, 5.74) is 1.12. The molecular weight excluding hydrogens is 270 g/mol. The van der Waals surface area contributed by atoms with Gasteiger partial charge in [0.2, 0.25) is 0 Å². The van der Waals surface area contributed by atoms with Gasteiger partial charge in [-0.2, -0.15) is 0 Å². The second kappa shape index (κ2) is 6.03. The van der Waals surface area contributed by atoms with Crippen molar-refractivity contribution >= 4 is 5.91 Å². The Morgan fingerprint density at radius 3 is 2.86 bits per heavy atom. The number of aliphatic hydroxyl groups is 1. The van der Waals surface area contributed by atoms with Crippen LogP contribution in [0.1, 0.15) is 29.8 Å². The summed E-state index contributed by atoms with van der Waals surface area (Å²) < 4.78 is 11.0. The molecule has 1 aliphatic heterocycles. The Bertz CT molecular complexity index is 527. The zero-order valence-electron chi connectivity index (χ0n) is 13.0. The standard InChI is InChI=1S/C16H23NO4/c1-11-5-6-12(7-14(11)20-4)15(19)17-8-13(9-18)21-16(2,3)10-17/h5-7,13,18H,8-10H2,1-4H3. The Kier molecular flexibility index (Phi) is 4.54. The van der Waals surface area contributed by atoms with Gasteiger partial charge in [-0.05, 0) is 38.5 Å². The second-order valence-corrected chi connectivity index (χ2v) is 6.05. The molecule has 0 radical (unpaired) electrons. The van der Waals surface area contributed by atoms with Crippen molar-refractivity contribution in [3.8, 4) is 5.75 Å². The summed E-state index contributed by atoms with van der Waals surface area (Å²) in [4.78, 5) is 14.4. The first kappa shape index (κ1) is 15.8. The maximum atomic E-state index is 12.7. The number of aryl methyl sites for hydroxylation is 1. The third kappa shape index (κ3) is 3.54. The quantitative estimate of drug-likeness (QED) is 0.920.